The van der Waals surface area contributed by atoms with Crippen molar-refractivity contribution in [1.82, 2.24) is 10.6 Å². The maximum atomic E-state index is 12.3. The number of carbonyl (C=O) groups excluding carboxylic acids is 1. The molecule has 1 amide bonds. The predicted molar refractivity (Wildman–Crippen MR) is 134 cm³/mol. The van der Waals surface area contributed by atoms with Crippen molar-refractivity contribution in [3.63, 3.8) is 0 Å². The number of rotatable bonds is 13. The number of methoxy groups -OCH3 is 1. The molecule has 0 heterocycles. The Labute approximate surface area is 208 Å². The van der Waals surface area contributed by atoms with E-state index in [1.165, 1.54) is 44.6 Å². The maximum absolute atomic E-state index is 12.3. The van der Waals surface area contributed by atoms with Crippen molar-refractivity contribution < 1.29 is 14.5 Å². The summed E-state index contributed by atoms with van der Waals surface area (Å²) in [5.74, 6) is 0.0264. The van der Waals surface area contributed by atoms with Gasteiger partial charge in [-0.15, -0.1) is 0 Å². The fraction of sp³-hybridized carbons (Fsp3) is 0.600. The zero-order chi connectivity index (χ0) is 24.1. The molecule has 1 rings (SSSR count). The molecular weight excluding hydrogens is 499 g/mol. The molecule has 0 unspecified atom stereocenters. The Morgan fingerprint density at radius 1 is 1.16 bits per heavy atom. The number of nitro benzene ring substituents is 1. The minimum absolute atomic E-state index is 0.0641. The van der Waals surface area contributed by atoms with Crippen LogP contribution in [0.3, 0.4) is 0 Å². The lowest BCUT2D eigenvalue weighted by atomic mass is 10.1. The molecule has 0 aliphatic heterocycles. The smallest absolute Gasteiger partial charge is 0.296 e. The van der Waals surface area contributed by atoms with Crippen LogP contribution >= 0.6 is 47.0 Å². The third kappa shape index (κ3) is 10.8. The number of hydrogen-bond acceptors (Lipinski definition) is 5. The Morgan fingerprint density at radius 3 is 2.34 bits per heavy atom. The summed E-state index contributed by atoms with van der Waals surface area (Å²) in [5.41, 5.74) is -0.132. The second kappa shape index (κ2) is 14.6. The molecule has 0 fully saturated rings. The number of thiocarbonyl (C=S) groups is 1. The standard InChI is InChI=1S/C20H29Cl3N4O4S/c1-3-4-5-6-7-8-9-10-17(28)25-18(20(21,22)23)26-19(32)24-15-12-11-14(31-2)13-16(15)27(29)30/h11-13,18H,3-10H2,1-2H3,(H,25,28)(H2,24,26,32)/t18-/m0/s1. The highest BCUT2D eigenvalue weighted by Crippen LogP contribution is 2.31. The number of hydrogen-bond donors (Lipinski definition) is 3. The highest BCUT2D eigenvalue weighted by Gasteiger charge is 2.34. The molecule has 0 aliphatic rings. The van der Waals surface area contributed by atoms with E-state index in [4.69, 9.17) is 51.8 Å². The highest BCUT2D eigenvalue weighted by atomic mass is 35.6. The topological polar surface area (TPSA) is 106 Å². The SMILES string of the molecule is CCCCCCCCCC(=O)N[C@@H](NC(=S)Nc1ccc(OC)cc1[N+](=O)[O-])C(Cl)(Cl)Cl. The monoisotopic (exact) mass is 526 g/mol. The number of amides is 1. The molecule has 0 saturated heterocycles. The van der Waals surface area contributed by atoms with Crippen LogP contribution in [0.15, 0.2) is 18.2 Å². The van der Waals surface area contributed by atoms with Crippen molar-refractivity contribution in [2.24, 2.45) is 0 Å². The largest absolute Gasteiger partial charge is 0.496 e. The third-order valence-electron chi connectivity index (χ3n) is 4.57. The number of anilines is 1. The van der Waals surface area contributed by atoms with E-state index < -0.39 is 14.9 Å². The highest BCUT2D eigenvalue weighted by molar-refractivity contribution is 7.80. The first-order valence-corrected chi connectivity index (χ1v) is 11.9. The summed E-state index contributed by atoms with van der Waals surface area (Å²) in [6, 6.07) is 4.23. The van der Waals surface area contributed by atoms with Crippen molar-refractivity contribution in [2.75, 3.05) is 12.4 Å². The van der Waals surface area contributed by atoms with Gasteiger partial charge in [-0.25, -0.2) is 0 Å². The zero-order valence-corrected chi connectivity index (χ0v) is 21.2. The van der Waals surface area contributed by atoms with Crippen LogP contribution in [-0.2, 0) is 4.79 Å². The van der Waals surface area contributed by atoms with Gasteiger partial charge < -0.3 is 20.7 Å². The molecule has 3 N–H and O–H groups in total. The lowest BCUT2D eigenvalue weighted by Crippen LogP contribution is -2.56. The Morgan fingerprint density at radius 2 is 1.78 bits per heavy atom. The lowest BCUT2D eigenvalue weighted by molar-refractivity contribution is -0.384. The van der Waals surface area contributed by atoms with Gasteiger partial charge in [0.2, 0.25) is 9.70 Å². The lowest BCUT2D eigenvalue weighted by Gasteiger charge is -2.27. The quantitative estimate of drug-likeness (QED) is 0.0738. The summed E-state index contributed by atoms with van der Waals surface area (Å²) >= 11 is 23.2. The van der Waals surface area contributed by atoms with Gasteiger partial charge in [-0.2, -0.15) is 0 Å². The van der Waals surface area contributed by atoms with Crippen molar-refractivity contribution in [3.8, 4) is 5.75 Å². The van der Waals surface area contributed by atoms with Crippen molar-refractivity contribution in [3.05, 3.63) is 28.3 Å². The summed E-state index contributed by atoms with van der Waals surface area (Å²) < 4.78 is 3.09. The molecular formula is C20H29Cl3N4O4S. The van der Waals surface area contributed by atoms with E-state index in [-0.39, 0.29) is 28.8 Å². The number of halogens is 3. The maximum Gasteiger partial charge on any atom is 0.296 e. The predicted octanol–water partition coefficient (Wildman–Crippen LogP) is 5.84. The van der Waals surface area contributed by atoms with E-state index >= 15 is 0 Å². The number of benzene rings is 1. The van der Waals surface area contributed by atoms with Crippen LogP contribution in [0.1, 0.15) is 58.3 Å². The van der Waals surface area contributed by atoms with Crippen LogP contribution in [0, 0.1) is 10.1 Å². The Bertz CT molecular complexity index is 778. The van der Waals surface area contributed by atoms with Gasteiger partial charge in [0.05, 0.1) is 18.1 Å². The molecule has 1 aromatic carbocycles. The van der Waals surface area contributed by atoms with Crippen molar-refractivity contribution >= 4 is 69.4 Å². The van der Waals surface area contributed by atoms with Gasteiger partial charge in [-0.3, -0.25) is 14.9 Å². The first-order chi connectivity index (χ1) is 15.1. The number of nitro groups is 1. The fourth-order valence-electron chi connectivity index (χ4n) is 2.86. The van der Waals surface area contributed by atoms with Gasteiger partial charge in [0.15, 0.2) is 5.11 Å². The first-order valence-electron chi connectivity index (χ1n) is 10.3. The van der Waals surface area contributed by atoms with Gasteiger partial charge in [-0.05, 0) is 30.8 Å². The van der Waals surface area contributed by atoms with E-state index in [0.29, 0.717) is 5.75 Å². The van der Waals surface area contributed by atoms with E-state index in [1.54, 1.807) is 0 Å². The second-order valence-corrected chi connectivity index (χ2v) is 9.93. The molecule has 0 aliphatic carbocycles. The van der Waals surface area contributed by atoms with Gasteiger partial charge in [-0.1, -0.05) is 80.3 Å². The summed E-state index contributed by atoms with van der Waals surface area (Å²) in [5, 5.41) is 19.3. The molecule has 1 atom stereocenters. The van der Waals surface area contributed by atoms with Crippen LogP contribution in [0.25, 0.3) is 0 Å². The molecule has 8 nitrogen and oxygen atoms in total. The summed E-state index contributed by atoms with van der Waals surface area (Å²) in [6.45, 7) is 2.17. The van der Waals surface area contributed by atoms with Crippen LogP contribution in [0.2, 0.25) is 0 Å². The summed E-state index contributed by atoms with van der Waals surface area (Å²) in [4.78, 5) is 23.0. The Kier molecular flexibility index (Phi) is 13.0. The third-order valence-corrected chi connectivity index (χ3v) is 5.44. The number of nitrogens with one attached hydrogen (secondary N) is 3. The van der Waals surface area contributed by atoms with Gasteiger partial charge >= 0.3 is 0 Å². The molecule has 0 saturated carbocycles. The van der Waals surface area contributed by atoms with Crippen LogP contribution in [0.5, 0.6) is 5.75 Å². The van der Waals surface area contributed by atoms with E-state index in [1.807, 2.05) is 0 Å². The van der Waals surface area contributed by atoms with Gasteiger partial charge in [0.1, 0.15) is 17.6 Å². The van der Waals surface area contributed by atoms with E-state index in [2.05, 4.69) is 22.9 Å². The minimum atomic E-state index is -1.91. The number of ether oxygens (including phenoxy) is 1. The van der Waals surface area contributed by atoms with Crippen molar-refractivity contribution in [2.45, 2.75) is 68.2 Å². The summed E-state index contributed by atoms with van der Waals surface area (Å²) in [7, 11) is 1.40. The van der Waals surface area contributed by atoms with Gasteiger partial charge in [0.25, 0.3) is 5.69 Å². The number of alkyl halides is 3. The molecule has 1 aromatic rings. The average Bonchev–Trinajstić information content (AvgIpc) is 2.72. The van der Waals surface area contributed by atoms with Crippen LogP contribution in [0.4, 0.5) is 11.4 Å². The van der Waals surface area contributed by atoms with Gasteiger partial charge in [0, 0.05) is 6.42 Å². The molecule has 12 heteroatoms. The number of nitrogens with zero attached hydrogens (tertiary/aromatic N) is 1. The van der Waals surface area contributed by atoms with E-state index in [9.17, 15) is 14.9 Å². The Balaban J connectivity index is 2.64. The molecule has 0 bridgehead atoms. The summed E-state index contributed by atoms with van der Waals surface area (Å²) in [6.07, 6.45) is 6.69. The Hall–Kier alpha value is -1.55. The van der Waals surface area contributed by atoms with E-state index in [0.717, 1.165) is 25.7 Å². The first kappa shape index (κ1) is 28.5. The molecule has 0 aromatic heterocycles. The average molecular weight is 528 g/mol. The molecule has 0 spiro atoms. The number of unbranched alkanes of at least 4 members (excludes halogenated alkanes) is 6. The second-order valence-electron chi connectivity index (χ2n) is 7.15. The number of carbonyl (C=O) groups is 1. The zero-order valence-electron chi connectivity index (χ0n) is 18.1. The van der Waals surface area contributed by atoms with Crippen LogP contribution < -0.4 is 20.7 Å². The van der Waals surface area contributed by atoms with Crippen molar-refractivity contribution in [1.29, 1.82) is 0 Å². The molecule has 32 heavy (non-hydrogen) atoms. The molecule has 180 valence electrons. The fourth-order valence-corrected chi connectivity index (χ4v) is 3.42. The normalized spacial score (nSPS) is 12.0. The molecule has 0 radical (unpaired) electrons. The van der Waals surface area contributed by atoms with Crippen LogP contribution in [-0.4, -0.2) is 33.0 Å². The minimum Gasteiger partial charge on any atom is -0.496 e.